The summed E-state index contributed by atoms with van der Waals surface area (Å²) in [5.41, 5.74) is 4.83. The molecule has 0 radical (unpaired) electrons. The molecule has 0 unspecified atom stereocenters. The van der Waals surface area contributed by atoms with E-state index < -0.39 is 0 Å². The van der Waals surface area contributed by atoms with Crippen LogP contribution in [0.3, 0.4) is 0 Å². The number of hydrogen-bond acceptors (Lipinski definition) is 5. The number of anilines is 1. The monoisotopic (exact) mass is 379 g/mol. The van der Waals surface area contributed by atoms with Gasteiger partial charge in [-0.15, -0.1) is 0 Å². The topological polar surface area (TPSA) is 76.2 Å². The zero-order valence-electron chi connectivity index (χ0n) is 16.3. The van der Waals surface area contributed by atoms with Crippen molar-refractivity contribution in [1.29, 1.82) is 0 Å². The van der Waals surface area contributed by atoms with Gasteiger partial charge in [0.15, 0.2) is 0 Å². The number of aromatic nitrogens is 3. The third-order valence-corrected chi connectivity index (χ3v) is 5.22. The number of amides is 1. The number of carbonyl (C=O) groups is 1. The largest absolute Gasteiger partial charge is 0.364 e. The number of rotatable bonds is 5. The predicted octanol–water partition coefficient (Wildman–Crippen LogP) is 3.33. The van der Waals surface area contributed by atoms with Crippen LogP contribution in [0.4, 0.5) is 5.69 Å². The molecule has 2 aromatic heterocycles. The smallest absolute Gasteiger partial charge is 0.227 e. The molecule has 7 heteroatoms. The molecule has 1 aliphatic heterocycles. The van der Waals surface area contributed by atoms with E-state index >= 15 is 0 Å². The molecule has 1 aromatic carbocycles. The van der Waals surface area contributed by atoms with Gasteiger partial charge in [0.2, 0.25) is 5.91 Å². The molecular weight excluding hydrogens is 354 g/mol. The van der Waals surface area contributed by atoms with Gasteiger partial charge in [-0.3, -0.25) is 9.69 Å². The van der Waals surface area contributed by atoms with Gasteiger partial charge in [0.1, 0.15) is 6.26 Å². The van der Waals surface area contributed by atoms with Gasteiger partial charge in [-0.05, 0) is 70.1 Å². The highest BCUT2D eigenvalue weighted by Gasteiger charge is 2.25. The number of nitrogens with zero attached hydrogens (tertiary/aromatic N) is 4. The van der Waals surface area contributed by atoms with Crippen LogP contribution in [0.2, 0.25) is 0 Å². The van der Waals surface area contributed by atoms with Crippen LogP contribution in [0.5, 0.6) is 0 Å². The van der Waals surface area contributed by atoms with E-state index in [0.717, 1.165) is 60.9 Å². The van der Waals surface area contributed by atoms with E-state index in [1.807, 2.05) is 54.9 Å². The van der Waals surface area contributed by atoms with Gasteiger partial charge in [-0.2, -0.15) is 5.10 Å². The summed E-state index contributed by atoms with van der Waals surface area (Å²) in [6.07, 6.45) is 3.30. The Balaban J connectivity index is 1.31. The van der Waals surface area contributed by atoms with Crippen molar-refractivity contribution < 1.29 is 9.32 Å². The van der Waals surface area contributed by atoms with Crippen molar-refractivity contribution in [1.82, 2.24) is 19.8 Å². The Morgan fingerprint density at radius 2 is 1.93 bits per heavy atom. The predicted molar refractivity (Wildman–Crippen MR) is 106 cm³/mol. The maximum Gasteiger partial charge on any atom is 0.227 e. The number of hydrogen-bond donors (Lipinski definition) is 1. The molecule has 4 rings (SSSR count). The highest BCUT2D eigenvalue weighted by molar-refractivity contribution is 5.92. The lowest BCUT2D eigenvalue weighted by Gasteiger charge is -2.30. The van der Waals surface area contributed by atoms with Crippen LogP contribution in [-0.4, -0.2) is 38.8 Å². The summed E-state index contributed by atoms with van der Waals surface area (Å²) < 4.78 is 6.79. The fraction of sp³-hybridized carbons (Fsp3) is 0.381. The van der Waals surface area contributed by atoms with Gasteiger partial charge in [-0.25, -0.2) is 4.68 Å². The summed E-state index contributed by atoms with van der Waals surface area (Å²) in [5.74, 6) is 0.143. The van der Waals surface area contributed by atoms with Crippen LogP contribution in [0, 0.1) is 19.8 Å². The van der Waals surface area contributed by atoms with Crippen LogP contribution < -0.4 is 5.32 Å². The normalized spacial score (nSPS) is 15.6. The van der Waals surface area contributed by atoms with E-state index in [1.54, 1.807) is 6.26 Å². The number of likely N-dealkylation sites (tertiary alicyclic amines) is 1. The zero-order chi connectivity index (χ0) is 19.5. The Morgan fingerprint density at radius 3 is 2.54 bits per heavy atom. The highest BCUT2D eigenvalue weighted by atomic mass is 16.5. The summed E-state index contributed by atoms with van der Waals surface area (Å²) in [7, 11) is 0. The molecule has 28 heavy (non-hydrogen) atoms. The van der Waals surface area contributed by atoms with E-state index in [1.165, 1.54) is 0 Å². The molecule has 1 fully saturated rings. The molecule has 1 N–H and O–H groups in total. The Labute approximate surface area is 164 Å². The lowest BCUT2D eigenvalue weighted by molar-refractivity contribution is -0.121. The summed E-state index contributed by atoms with van der Waals surface area (Å²) in [4.78, 5) is 14.9. The second-order valence-electron chi connectivity index (χ2n) is 7.42. The molecule has 1 amide bonds. The molecule has 3 heterocycles. The van der Waals surface area contributed by atoms with Crippen LogP contribution >= 0.6 is 0 Å². The first-order valence-electron chi connectivity index (χ1n) is 9.64. The average molecular weight is 379 g/mol. The standard InChI is InChI=1S/C21H25N5O2/c1-15-13-16(2)26(23-15)20-5-3-18(4-6-20)22-21(27)17-7-10-25(11-8-17)14-19-9-12-28-24-19/h3-6,9,12-13,17H,7-8,10-11,14H2,1-2H3,(H,22,27). The Morgan fingerprint density at radius 1 is 1.18 bits per heavy atom. The van der Waals surface area contributed by atoms with E-state index in [0.29, 0.717) is 0 Å². The number of nitrogens with one attached hydrogen (secondary N) is 1. The molecule has 0 bridgehead atoms. The molecule has 0 saturated carbocycles. The van der Waals surface area contributed by atoms with Crippen LogP contribution in [0.25, 0.3) is 5.69 Å². The van der Waals surface area contributed by atoms with Gasteiger partial charge in [0.05, 0.1) is 17.1 Å². The van der Waals surface area contributed by atoms with E-state index in [4.69, 9.17) is 4.52 Å². The summed E-state index contributed by atoms with van der Waals surface area (Å²) >= 11 is 0. The van der Waals surface area contributed by atoms with E-state index in [-0.39, 0.29) is 11.8 Å². The second kappa shape index (κ2) is 7.98. The minimum atomic E-state index is 0.0456. The van der Waals surface area contributed by atoms with E-state index in [9.17, 15) is 4.79 Å². The second-order valence-corrected chi connectivity index (χ2v) is 7.42. The molecule has 0 atom stereocenters. The Bertz CT molecular complexity index is 922. The van der Waals surface area contributed by atoms with Crippen LogP contribution in [-0.2, 0) is 11.3 Å². The highest BCUT2D eigenvalue weighted by Crippen LogP contribution is 2.21. The van der Waals surface area contributed by atoms with Crippen LogP contribution in [0.15, 0.2) is 47.2 Å². The summed E-state index contributed by atoms with van der Waals surface area (Å²) in [5, 5.41) is 11.5. The number of carbonyl (C=O) groups excluding carboxylic acids is 1. The first-order chi connectivity index (χ1) is 13.6. The maximum absolute atomic E-state index is 12.6. The number of piperidine rings is 1. The molecule has 0 spiro atoms. The van der Waals surface area contributed by atoms with Crippen molar-refractivity contribution in [2.24, 2.45) is 5.92 Å². The molecule has 146 valence electrons. The first-order valence-corrected chi connectivity index (χ1v) is 9.64. The molecule has 3 aromatic rings. The average Bonchev–Trinajstić information content (AvgIpc) is 3.32. The third-order valence-electron chi connectivity index (χ3n) is 5.22. The number of aryl methyl sites for hydroxylation is 2. The van der Waals surface area contributed by atoms with Gasteiger partial charge >= 0.3 is 0 Å². The van der Waals surface area contributed by atoms with Crippen molar-refractivity contribution >= 4 is 11.6 Å². The number of benzene rings is 1. The molecule has 1 aliphatic rings. The van der Waals surface area contributed by atoms with Gasteiger partial charge in [0, 0.05) is 29.9 Å². The lowest BCUT2D eigenvalue weighted by Crippen LogP contribution is -2.37. The molecule has 1 saturated heterocycles. The van der Waals surface area contributed by atoms with Gasteiger partial charge in [-0.1, -0.05) is 5.16 Å². The van der Waals surface area contributed by atoms with Crippen molar-refractivity contribution in [3.05, 3.63) is 59.7 Å². The Kier molecular flexibility index (Phi) is 5.25. The van der Waals surface area contributed by atoms with Crippen LogP contribution in [0.1, 0.15) is 29.9 Å². The fourth-order valence-corrected chi connectivity index (χ4v) is 3.72. The summed E-state index contributed by atoms with van der Waals surface area (Å²) in [6, 6.07) is 11.8. The van der Waals surface area contributed by atoms with Crippen molar-refractivity contribution in [3.63, 3.8) is 0 Å². The fourth-order valence-electron chi connectivity index (χ4n) is 3.72. The molecular formula is C21H25N5O2. The Hall–Kier alpha value is -2.93. The SMILES string of the molecule is Cc1cc(C)n(-c2ccc(NC(=O)C3CCN(Cc4ccon4)CC3)cc2)n1. The minimum Gasteiger partial charge on any atom is -0.364 e. The zero-order valence-corrected chi connectivity index (χ0v) is 16.3. The van der Waals surface area contributed by atoms with Crippen molar-refractivity contribution in [3.8, 4) is 5.69 Å². The van der Waals surface area contributed by atoms with Gasteiger partial charge < -0.3 is 9.84 Å². The van der Waals surface area contributed by atoms with E-state index in [2.05, 4.69) is 20.5 Å². The first kappa shape index (κ1) is 18.4. The lowest BCUT2D eigenvalue weighted by atomic mass is 9.95. The third kappa shape index (κ3) is 4.14. The quantitative estimate of drug-likeness (QED) is 0.736. The molecule has 7 nitrogen and oxygen atoms in total. The maximum atomic E-state index is 12.6. The van der Waals surface area contributed by atoms with Gasteiger partial charge in [0.25, 0.3) is 0 Å². The summed E-state index contributed by atoms with van der Waals surface area (Å²) in [6.45, 7) is 6.57. The minimum absolute atomic E-state index is 0.0456. The van der Waals surface area contributed by atoms with Crippen molar-refractivity contribution in [2.75, 3.05) is 18.4 Å². The molecule has 0 aliphatic carbocycles. The van der Waals surface area contributed by atoms with Crippen molar-refractivity contribution in [2.45, 2.75) is 33.2 Å².